The molecule has 0 aliphatic carbocycles. The highest BCUT2D eigenvalue weighted by atomic mass is 79.9. The lowest BCUT2D eigenvalue weighted by molar-refractivity contribution is -0.117. The molecular weight excluding hydrogens is 386 g/mol. The Kier molecular flexibility index (Phi) is 5.18. The summed E-state index contributed by atoms with van der Waals surface area (Å²) in [7, 11) is 4.69. The molecule has 0 unspecified atom stereocenters. The fourth-order valence-corrected chi connectivity index (χ4v) is 3.55. The molecule has 132 valence electrons. The Labute approximate surface area is 155 Å². The Balaban J connectivity index is 1.85. The fraction of sp³-hybridized carbons (Fsp3) is 0.316. The van der Waals surface area contributed by atoms with Crippen molar-refractivity contribution in [2.75, 3.05) is 32.8 Å². The third-order valence-corrected chi connectivity index (χ3v) is 4.81. The molecule has 0 N–H and O–H groups in total. The standard InChI is InChI=1S/C19H20BrNO4/c1-23-16-8-12(9-17(24-2)19(16)25-3)10-18(22)21-7-6-13-11-14(20)4-5-15(13)21/h4-5,8-9,11H,6-7,10H2,1-3H3. The van der Waals surface area contributed by atoms with E-state index in [4.69, 9.17) is 14.2 Å². The normalized spacial score (nSPS) is 12.7. The topological polar surface area (TPSA) is 48.0 Å². The molecular formula is C19H20BrNO4. The van der Waals surface area contributed by atoms with Crippen molar-refractivity contribution in [1.82, 2.24) is 0 Å². The van der Waals surface area contributed by atoms with Crippen LogP contribution in [0.25, 0.3) is 0 Å². The third kappa shape index (κ3) is 3.44. The zero-order chi connectivity index (χ0) is 18.0. The second-order valence-electron chi connectivity index (χ2n) is 5.78. The highest BCUT2D eigenvalue weighted by Gasteiger charge is 2.25. The molecule has 0 saturated carbocycles. The molecule has 0 saturated heterocycles. The van der Waals surface area contributed by atoms with Crippen molar-refractivity contribution >= 4 is 27.5 Å². The van der Waals surface area contributed by atoms with Crippen molar-refractivity contribution in [3.63, 3.8) is 0 Å². The predicted molar refractivity (Wildman–Crippen MR) is 100 cm³/mol. The van der Waals surface area contributed by atoms with Crippen molar-refractivity contribution in [2.45, 2.75) is 12.8 Å². The molecule has 0 spiro atoms. The molecule has 2 aromatic carbocycles. The third-order valence-electron chi connectivity index (χ3n) is 4.32. The first-order valence-corrected chi connectivity index (χ1v) is 8.74. The number of methoxy groups -OCH3 is 3. The van der Waals surface area contributed by atoms with Crippen LogP contribution < -0.4 is 19.1 Å². The number of benzene rings is 2. The summed E-state index contributed by atoms with van der Waals surface area (Å²) in [5.74, 6) is 1.68. The van der Waals surface area contributed by atoms with E-state index >= 15 is 0 Å². The molecule has 3 rings (SSSR count). The SMILES string of the molecule is COc1cc(CC(=O)N2CCc3cc(Br)ccc32)cc(OC)c1OC. The Morgan fingerprint density at radius 3 is 2.36 bits per heavy atom. The summed E-state index contributed by atoms with van der Waals surface area (Å²) in [5.41, 5.74) is 3.00. The molecule has 1 aliphatic rings. The van der Waals surface area contributed by atoms with Crippen LogP contribution >= 0.6 is 15.9 Å². The number of carbonyl (C=O) groups is 1. The minimum absolute atomic E-state index is 0.0512. The first-order chi connectivity index (χ1) is 12.1. The van der Waals surface area contributed by atoms with Crippen LogP contribution in [0.2, 0.25) is 0 Å². The highest BCUT2D eigenvalue weighted by molar-refractivity contribution is 9.10. The Morgan fingerprint density at radius 2 is 1.76 bits per heavy atom. The summed E-state index contributed by atoms with van der Waals surface area (Å²) in [4.78, 5) is 14.7. The average molecular weight is 406 g/mol. The van der Waals surface area contributed by atoms with Gasteiger partial charge in [-0.1, -0.05) is 15.9 Å². The van der Waals surface area contributed by atoms with E-state index in [1.807, 2.05) is 29.2 Å². The summed E-state index contributed by atoms with van der Waals surface area (Å²) in [6, 6.07) is 9.65. The molecule has 0 fully saturated rings. The molecule has 5 nitrogen and oxygen atoms in total. The van der Waals surface area contributed by atoms with Gasteiger partial charge in [-0.2, -0.15) is 0 Å². The van der Waals surface area contributed by atoms with Crippen LogP contribution in [0.5, 0.6) is 17.2 Å². The molecule has 25 heavy (non-hydrogen) atoms. The second kappa shape index (κ2) is 7.35. The molecule has 1 aliphatic heterocycles. The van der Waals surface area contributed by atoms with Crippen molar-refractivity contribution in [2.24, 2.45) is 0 Å². The van der Waals surface area contributed by atoms with Gasteiger partial charge in [0.15, 0.2) is 11.5 Å². The Bertz CT molecular complexity index is 781. The number of rotatable bonds is 5. The van der Waals surface area contributed by atoms with Gasteiger partial charge in [-0.05, 0) is 47.9 Å². The number of nitrogens with zero attached hydrogens (tertiary/aromatic N) is 1. The number of carbonyl (C=O) groups excluding carboxylic acids is 1. The predicted octanol–water partition coefficient (Wildman–Crippen LogP) is 3.61. The van der Waals surface area contributed by atoms with Crippen molar-refractivity contribution in [3.05, 3.63) is 45.9 Å². The molecule has 0 aromatic heterocycles. The van der Waals surface area contributed by atoms with E-state index in [1.165, 1.54) is 5.56 Å². The van der Waals surface area contributed by atoms with Gasteiger partial charge in [0.05, 0.1) is 27.8 Å². The van der Waals surface area contributed by atoms with E-state index in [0.29, 0.717) is 23.8 Å². The Morgan fingerprint density at radius 1 is 1.08 bits per heavy atom. The van der Waals surface area contributed by atoms with Gasteiger partial charge >= 0.3 is 0 Å². The van der Waals surface area contributed by atoms with E-state index < -0.39 is 0 Å². The van der Waals surface area contributed by atoms with Crippen LogP contribution in [0.3, 0.4) is 0 Å². The van der Waals surface area contributed by atoms with Gasteiger partial charge < -0.3 is 19.1 Å². The number of hydrogen-bond acceptors (Lipinski definition) is 4. The van der Waals surface area contributed by atoms with Gasteiger partial charge in [0, 0.05) is 16.7 Å². The van der Waals surface area contributed by atoms with Gasteiger partial charge in [0.2, 0.25) is 11.7 Å². The number of ether oxygens (including phenoxy) is 3. The lowest BCUT2D eigenvalue weighted by Gasteiger charge is -2.19. The zero-order valence-corrected chi connectivity index (χ0v) is 16.1. The van der Waals surface area contributed by atoms with Crippen molar-refractivity contribution in [3.8, 4) is 17.2 Å². The van der Waals surface area contributed by atoms with Crippen LogP contribution in [0.4, 0.5) is 5.69 Å². The van der Waals surface area contributed by atoms with Gasteiger partial charge in [-0.15, -0.1) is 0 Å². The molecule has 1 amide bonds. The lowest BCUT2D eigenvalue weighted by atomic mass is 10.1. The molecule has 6 heteroatoms. The maximum absolute atomic E-state index is 12.8. The Hall–Kier alpha value is -2.21. The minimum atomic E-state index is 0.0512. The van der Waals surface area contributed by atoms with Crippen LogP contribution in [0.1, 0.15) is 11.1 Å². The van der Waals surface area contributed by atoms with Gasteiger partial charge in [0.25, 0.3) is 0 Å². The number of hydrogen-bond donors (Lipinski definition) is 0. The summed E-state index contributed by atoms with van der Waals surface area (Å²) in [6.07, 6.45) is 1.14. The maximum atomic E-state index is 12.8. The second-order valence-corrected chi connectivity index (χ2v) is 6.69. The summed E-state index contributed by atoms with van der Waals surface area (Å²) < 4.78 is 17.1. The largest absolute Gasteiger partial charge is 0.493 e. The summed E-state index contributed by atoms with van der Waals surface area (Å²) in [5, 5.41) is 0. The fourth-order valence-electron chi connectivity index (χ4n) is 3.14. The molecule has 0 radical (unpaired) electrons. The van der Waals surface area contributed by atoms with E-state index in [9.17, 15) is 4.79 Å². The van der Waals surface area contributed by atoms with Gasteiger partial charge in [0.1, 0.15) is 0 Å². The smallest absolute Gasteiger partial charge is 0.231 e. The summed E-state index contributed by atoms with van der Waals surface area (Å²) >= 11 is 3.48. The number of anilines is 1. The van der Waals surface area contributed by atoms with E-state index in [1.54, 1.807) is 21.3 Å². The summed E-state index contributed by atoms with van der Waals surface area (Å²) in [6.45, 7) is 0.703. The van der Waals surface area contributed by atoms with Crippen LogP contribution in [0, 0.1) is 0 Å². The first-order valence-electron chi connectivity index (χ1n) is 7.95. The quantitative estimate of drug-likeness (QED) is 0.762. The van der Waals surface area contributed by atoms with Crippen molar-refractivity contribution in [1.29, 1.82) is 0 Å². The van der Waals surface area contributed by atoms with Gasteiger partial charge in [-0.25, -0.2) is 0 Å². The monoisotopic (exact) mass is 405 g/mol. The highest BCUT2D eigenvalue weighted by Crippen LogP contribution is 2.38. The molecule has 0 bridgehead atoms. The molecule has 0 atom stereocenters. The van der Waals surface area contributed by atoms with E-state index in [-0.39, 0.29) is 12.3 Å². The van der Waals surface area contributed by atoms with Crippen LogP contribution in [-0.2, 0) is 17.6 Å². The maximum Gasteiger partial charge on any atom is 0.231 e. The lowest BCUT2D eigenvalue weighted by Crippen LogP contribution is -2.30. The molecule has 2 aromatic rings. The van der Waals surface area contributed by atoms with Crippen molar-refractivity contribution < 1.29 is 19.0 Å². The van der Waals surface area contributed by atoms with Gasteiger partial charge in [-0.3, -0.25) is 4.79 Å². The number of fused-ring (bicyclic) bond motifs is 1. The number of amides is 1. The first kappa shape index (κ1) is 17.6. The van der Waals surface area contributed by atoms with E-state index in [0.717, 1.165) is 22.1 Å². The minimum Gasteiger partial charge on any atom is -0.493 e. The van der Waals surface area contributed by atoms with Crippen LogP contribution in [-0.4, -0.2) is 33.8 Å². The number of halogens is 1. The van der Waals surface area contributed by atoms with Crippen LogP contribution in [0.15, 0.2) is 34.8 Å². The zero-order valence-electron chi connectivity index (χ0n) is 14.5. The average Bonchev–Trinajstić information content (AvgIpc) is 3.03. The van der Waals surface area contributed by atoms with E-state index in [2.05, 4.69) is 22.0 Å². The molecule has 1 heterocycles.